The Bertz CT molecular complexity index is 1140. The number of amides is 1. The third-order valence-electron chi connectivity index (χ3n) is 8.65. The van der Waals surface area contributed by atoms with Crippen LogP contribution >= 0.6 is 11.6 Å². The van der Waals surface area contributed by atoms with Crippen molar-refractivity contribution in [2.45, 2.75) is 50.6 Å². The lowest BCUT2D eigenvalue weighted by atomic mass is 9.53. The first-order valence-corrected chi connectivity index (χ1v) is 12.9. The van der Waals surface area contributed by atoms with Gasteiger partial charge in [0.05, 0.1) is 10.5 Å². The van der Waals surface area contributed by atoms with Gasteiger partial charge in [-0.25, -0.2) is 4.39 Å². The number of rotatable bonds is 5. The van der Waals surface area contributed by atoms with E-state index in [-0.39, 0.29) is 28.6 Å². The number of nitro groups is 1. The normalized spacial score (nSPS) is 30.1. The molecule has 0 atom stereocenters. The molecule has 0 N–H and O–H groups in total. The zero-order valence-electron chi connectivity index (χ0n) is 19.5. The van der Waals surface area contributed by atoms with Gasteiger partial charge >= 0.3 is 5.69 Å². The Morgan fingerprint density at radius 2 is 1.74 bits per heavy atom. The number of halogens is 2. The van der Waals surface area contributed by atoms with Crippen LogP contribution in [0.1, 0.15) is 54.6 Å². The molecule has 4 saturated carbocycles. The average molecular weight is 502 g/mol. The molecule has 2 heterocycles. The molecule has 8 nitrogen and oxygen atoms in total. The second kappa shape index (κ2) is 8.55. The summed E-state index contributed by atoms with van der Waals surface area (Å²) < 4.78 is 15.1. The van der Waals surface area contributed by atoms with E-state index in [0.717, 1.165) is 24.8 Å². The SMILES string of the molecule is O=C(c1nn(C23CC4CC(CC(C4)C2)C3)cc1[N+](=O)[O-])N1CCN(Cc2ccc(F)cc2Cl)CC1. The molecule has 7 rings (SSSR count). The molecule has 0 radical (unpaired) electrons. The fourth-order valence-corrected chi connectivity index (χ4v) is 7.62. The number of hydrogen-bond acceptors (Lipinski definition) is 5. The topological polar surface area (TPSA) is 84.5 Å². The summed E-state index contributed by atoms with van der Waals surface area (Å²) in [5.74, 6) is 1.27. The maximum Gasteiger partial charge on any atom is 0.320 e. The van der Waals surface area contributed by atoms with E-state index in [9.17, 15) is 19.3 Å². The van der Waals surface area contributed by atoms with Crippen molar-refractivity contribution in [3.63, 3.8) is 0 Å². The van der Waals surface area contributed by atoms with E-state index in [1.54, 1.807) is 15.6 Å². The molecule has 10 heteroatoms. The van der Waals surface area contributed by atoms with Crippen LogP contribution in [0.5, 0.6) is 0 Å². The number of carbonyl (C=O) groups is 1. The third-order valence-corrected chi connectivity index (χ3v) is 9.01. The van der Waals surface area contributed by atoms with E-state index in [1.165, 1.54) is 37.6 Å². The number of hydrogen-bond donors (Lipinski definition) is 0. The lowest BCUT2D eigenvalue weighted by Crippen LogP contribution is -2.52. The van der Waals surface area contributed by atoms with Crippen molar-refractivity contribution in [2.24, 2.45) is 17.8 Å². The molecule has 5 fully saturated rings. The van der Waals surface area contributed by atoms with E-state index in [0.29, 0.717) is 55.5 Å². The molecular formula is C25H29ClFN5O3. The zero-order valence-corrected chi connectivity index (χ0v) is 20.3. The summed E-state index contributed by atoms with van der Waals surface area (Å²) >= 11 is 6.16. The van der Waals surface area contributed by atoms with Crippen LogP contribution in [-0.2, 0) is 12.1 Å². The standard InChI is InChI=1S/C25H29ClFN5O3/c26-21-10-20(27)2-1-19(21)14-29-3-5-30(6-4-29)24(33)23-22(32(34)35)15-31(28-23)25-11-16-7-17(12-25)9-18(8-16)13-25/h1-2,10,15-18H,3-9,11-14H2. The van der Waals surface area contributed by atoms with Crippen LogP contribution in [0.4, 0.5) is 10.1 Å². The van der Waals surface area contributed by atoms with Gasteiger partial charge in [-0.2, -0.15) is 5.10 Å². The monoisotopic (exact) mass is 501 g/mol. The number of aromatic nitrogens is 2. The van der Waals surface area contributed by atoms with Gasteiger partial charge in [0.1, 0.15) is 12.0 Å². The molecule has 0 spiro atoms. The maximum atomic E-state index is 13.4. The van der Waals surface area contributed by atoms with E-state index >= 15 is 0 Å². The molecule has 35 heavy (non-hydrogen) atoms. The first-order chi connectivity index (χ1) is 16.8. The second-order valence-electron chi connectivity index (χ2n) is 11.0. The fraction of sp³-hybridized carbons (Fsp3) is 0.600. The van der Waals surface area contributed by atoms with Gasteiger partial charge in [-0.15, -0.1) is 0 Å². The van der Waals surface area contributed by atoms with Crippen LogP contribution in [0.15, 0.2) is 24.4 Å². The Balaban J connectivity index is 1.17. The second-order valence-corrected chi connectivity index (χ2v) is 11.4. The molecule has 1 aromatic heterocycles. The van der Waals surface area contributed by atoms with Crippen molar-refractivity contribution < 1.29 is 14.1 Å². The third kappa shape index (κ3) is 4.12. The van der Waals surface area contributed by atoms with Crippen LogP contribution in [0, 0.1) is 33.7 Å². The lowest BCUT2D eigenvalue weighted by molar-refractivity contribution is -0.385. The molecule has 0 unspecified atom stereocenters. The van der Waals surface area contributed by atoms with Crippen LogP contribution in [-0.4, -0.2) is 56.6 Å². The van der Waals surface area contributed by atoms with Crippen LogP contribution in [0.25, 0.3) is 0 Å². The van der Waals surface area contributed by atoms with Crippen molar-refractivity contribution in [1.29, 1.82) is 0 Å². The highest BCUT2D eigenvalue weighted by atomic mass is 35.5. The van der Waals surface area contributed by atoms with Gasteiger partial charge in [0.25, 0.3) is 5.91 Å². The summed E-state index contributed by atoms with van der Waals surface area (Å²) in [6.45, 7) is 2.64. The van der Waals surface area contributed by atoms with Crippen LogP contribution in [0.2, 0.25) is 5.02 Å². The number of benzene rings is 1. The summed E-state index contributed by atoms with van der Waals surface area (Å²) in [6, 6.07) is 4.37. The summed E-state index contributed by atoms with van der Waals surface area (Å²) in [6.07, 6.45) is 8.35. The zero-order chi connectivity index (χ0) is 24.3. The highest BCUT2D eigenvalue weighted by Crippen LogP contribution is 2.58. The van der Waals surface area contributed by atoms with Gasteiger partial charge in [-0.1, -0.05) is 17.7 Å². The molecule has 1 amide bonds. The Morgan fingerprint density at radius 1 is 1.11 bits per heavy atom. The summed E-state index contributed by atoms with van der Waals surface area (Å²) in [5.41, 5.74) is 0.426. The Labute approximate surface area is 208 Å². The predicted molar refractivity (Wildman–Crippen MR) is 128 cm³/mol. The molecule has 5 aliphatic rings. The van der Waals surface area contributed by atoms with Crippen molar-refractivity contribution >= 4 is 23.2 Å². The van der Waals surface area contributed by atoms with Crippen LogP contribution < -0.4 is 0 Å². The Hall–Kier alpha value is -2.52. The Morgan fingerprint density at radius 3 is 2.31 bits per heavy atom. The number of carbonyl (C=O) groups excluding carboxylic acids is 1. The lowest BCUT2D eigenvalue weighted by Gasteiger charge is -2.56. The summed E-state index contributed by atoms with van der Waals surface area (Å²) in [5, 5.41) is 16.9. The van der Waals surface area contributed by atoms with Crippen molar-refractivity contribution in [1.82, 2.24) is 19.6 Å². The largest absolute Gasteiger partial charge is 0.334 e. The maximum absolute atomic E-state index is 13.4. The molecule has 1 aromatic carbocycles. The summed E-state index contributed by atoms with van der Waals surface area (Å²) in [4.78, 5) is 28.6. The highest BCUT2D eigenvalue weighted by molar-refractivity contribution is 6.31. The molecule has 4 aliphatic carbocycles. The van der Waals surface area contributed by atoms with Gasteiger partial charge in [0, 0.05) is 37.7 Å². The van der Waals surface area contributed by atoms with Gasteiger partial charge in [0.15, 0.2) is 0 Å². The highest BCUT2D eigenvalue weighted by Gasteiger charge is 2.53. The van der Waals surface area contributed by atoms with Gasteiger partial charge in [-0.3, -0.25) is 24.5 Å². The van der Waals surface area contributed by atoms with E-state index in [2.05, 4.69) is 10.00 Å². The van der Waals surface area contributed by atoms with Crippen molar-refractivity contribution in [3.8, 4) is 0 Å². The van der Waals surface area contributed by atoms with Gasteiger partial charge in [-0.05, 0) is 74.0 Å². The van der Waals surface area contributed by atoms with Crippen molar-refractivity contribution in [2.75, 3.05) is 26.2 Å². The van der Waals surface area contributed by atoms with Gasteiger partial charge in [0.2, 0.25) is 5.69 Å². The number of piperazine rings is 1. The molecule has 4 bridgehead atoms. The molecule has 1 aliphatic heterocycles. The fourth-order valence-electron chi connectivity index (χ4n) is 7.39. The van der Waals surface area contributed by atoms with Crippen molar-refractivity contribution in [3.05, 3.63) is 56.6 Å². The first-order valence-electron chi connectivity index (χ1n) is 12.5. The minimum Gasteiger partial charge on any atom is -0.334 e. The summed E-state index contributed by atoms with van der Waals surface area (Å²) in [7, 11) is 0. The Kier molecular flexibility index (Phi) is 5.60. The molecular weight excluding hydrogens is 473 g/mol. The smallest absolute Gasteiger partial charge is 0.320 e. The van der Waals surface area contributed by atoms with E-state index < -0.39 is 4.92 Å². The van der Waals surface area contributed by atoms with E-state index in [1.807, 2.05) is 0 Å². The molecule has 186 valence electrons. The average Bonchev–Trinajstić information content (AvgIpc) is 3.27. The number of nitrogens with zero attached hydrogens (tertiary/aromatic N) is 5. The minimum atomic E-state index is -0.468. The quantitative estimate of drug-likeness (QED) is 0.446. The van der Waals surface area contributed by atoms with Crippen LogP contribution in [0.3, 0.4) is 0 Å². The van der Waals surface area contributed by atoms with E-state index in [4.69, 9.17) is 11.6 Å². The first kappa shape index (κ1) is 22.9. The predicted octanol–water partition coefficient (Wildman–Crippen LogP) is 4.47. The van der Waals surface area contributed by atoms with Gasteiger partial charge < -0.3 is 4.90 Å². The minimum absolute atomic E-state index is 0.0409. The molecule has 2 aromatic rings. The molecule has 1 saturated heterocycles.